The van der Waals surface area contributed by atoms with Gasteiger partial charge in [-0.15, -0.1) is 0 Å². The summed E-state index contributed by atoms with van der Waals surface area (Å²) >= 11 is 0. The van der Waals surface area contributed by atoms with Gasteiger partial charge in [-0.1, -0.05) is 0 Å². The van der Waals surface area contributed by atoms with Crippen molar-refractivity contribution >= 4 is 5.82 Å². The summed E-state index contributed by atoms with van der Waals surface area (Å²) in [6, 6.07) is 4.49. The number of pyridine rings is 1. The highest BCUT2D eigenvalue weighted by atomic mass is 15.2. The van der Waals surface area contributed by atoms with Crippen molar-refractivity contribution < 1.29 is 0 Å². The molecule has 0 spiro atoms. The molecule has 2 aromatic rings. The molecule has 2 aromatic heterocycles. The Kier molecular flexibility index (Phi) is 3.44. The van der Waals surface area contributed by atoms with Gasteiger partial charge in [-0.3, -0.25) is 5.10 Å². The highest BCUT2D eigenvalue weighted by molar-refractivity contribution is 5.67. The van der Waals surface area contributed by atoms with Gasteiger partial charge in [-0.25, -0.2) is 4.98 Å². The Labute approximate surface area is 119 Å². The van der Waals surface area contributed by atoms with Gasteiger partial charge < -0.3 is 10.6 Å². The van der Waals surface area contributed by atoms with E-state index in [1.54, 1.807) is 6.20 Å². The highest BCUT2D eigenvalue weighted by Gasteiger charge is 2.28. The fourth-order valence-corrected chi connectivity index (χ4v) is 2.95. The van der Waals surface area contributed by atoms with Crippen molar-refractivity contribution in [3.63, 3.8) is 0 Å². The number of anilines is 1. The molecule has 3 heterocycles. The average molecular weight is 271 g/mol. The van der Waals surface area contributed by atoms with Gasteiger partial charge in [0.25, 0.3) is 0 Å². The molecule has 5 nitrogen and oxygen atoms in total. The van der Waals surface area contributed by atoms with E-state index >= 15 is 0 Å². The van der Waals surface area contributed by atoms with Crippen LogP contribution >= 0.6 is 0 Å². The zero-order valence-corrected chi connectivity index (χ0v) is 12.0. The molecule has 106 valence electrons. The van der Waals surface area contributed by atoms with Crippen LogP contribution in [-0.4, -0.2) is 39.2 Å². The van der Waals surface area contributed by atoms with Crippen molar-refractivity contribution in [1.29, 1.82) is 0 Å². The van der Waals surface area contributed by atoms with Crippen LogP contribution in [0.4, 0.5) is 5.82 Å². The van der Waals surface area contributed by atoms with Gasteiger partial charge in [0.1, 0.15) is 5.82 Å². The van der Waals surface area contributed by atoms with Crippen LogP contribution in [0.5, 0.6) is 0 Å². The molecule has 0 bridgehead atoms. The number of nitrogens with zero attached hydrogens (tertiary/aromatic N) is 3. The summed E-state index contributed by atoms with van der Waals surface area (Å²) in [7, 11) is 0. The third-order valence-electron chi connectivity index (χ3n) is 4.12. The predicted octanol–water partition coefficient (Wildman–Crippen LogP) is 2.25. The van der Waals surface area contributed by atoms with Gasteiger partial charge in [-0.2, -0.15) is 5.10 Å². The molecule has 0 radical (unpaired) electrons. The molecule has 1 aliphatic rings. The topological polar surface area (TPSA) is 70.8 Å². The number of nitrogen functional groups attached to an aromatic ring is 1. The van der Waals surface area contributed by atoms with E-state index in [4.69, 9.17) is 5.73 Å². The molecule has 0 aliphatic carbocycles. The van der Waals surface area contributed by atoms with E-state index in [-0.39, 0.29) is 0 Å². The second-order valence-corrected chi connectivity index (χ2v) is 5.74. The van der Waals surface area contributed by atoms with Crippen LogP contribution in [0.3, 0.4) is 0 Å². The Bertz CT molecular complexity index is 589. The maximum absolute atomic E-state index is 5.78. The number of hydrogen-bond acceptors (Lipinski definition) is 4. The molecule has 1 fully saturated rings. The van der Waals surface area contributed by atoms with E-state index in [0.717, 1.165) is 24.2 Å². The normalized spacial score (nSPS) is 19.9. The molecule has 5 heteroatoms. The summed E-state index contributed by atoms with van der Waals surface area (Å²) in [5.74, 6) is 1.06. The molecular weight excluding hydrogens is 250 g/mol. The molecule has 0 unspecified atom stereocenters. The van der Waals surface area contributed by atoms with E-state index in [9.17, 15) is 0 Å². The van der Waals surface area contributed by atoms with Crippen molar-refractivity contribution in [2.75, 3.05) is 18.8 Å². The molecule has 0 amide bonds. The Hall–Kier alpha value is -1.88. The molecule has 1 saturated heterocycles. The first kappa shape index (κ1) is 13.1. The van der Waals surface area contributed by atoms with Crippen LogP contribution < -0.4 is 5.73 Å². The van der Waals surface area contributed by atoms with E-state index < -0.39 is 0 Å². The molecule has 3 rings (SSSR count). The van der Waals surface area contributed by atoms with E-state index in [1.807, 2.05) is 18.3 Å². The SMILES string of the molecule is CC(C)N1CC[C@@H](c2[nH]ncc2-c2ccnc(N)c2)C1. The lowest BCUT2D eigenvalue weighted by Gasteiger charge is -2.20. The first-order valence-corrected chi connectivity index (χ1v) is 7.14. The maximum atomic E-state index is 5.78. The lowest BCUT2D eigenvalue weighted by molar-refractivity contribution is 0.272. The average Bonchev–Trinajstić information content (AvgIpc) is 3.07. The summed E-state index contributed by atoms with van der Waals surface area (Å²) in [5.41, 5.74) is 9.24. The number of H-pyrrole nitrogens is 1. The summed E-state index contributed by atoms with van der Waals surface area (Å²) in [6.45, 7) is 6.74. The number of rotatable bonds is 3. The highest BCUT2D eigenvalue weighted by Crippen LogP contribution is 2.34. The van der Waals surface area contributed by atoms with Crippen molar-refractivity contribution in [3.8, 4) is 11.1 Å². The molecule has 0 saturated carbocycles. The molecule has 0 aromatic carbocycles. The van der Waals surface area contributed by atoms with Crippen molar-refractivity contribution in [3.05, 3.63) is 30.2 Å². The first-order chi connectivity index (χ1) is 9.65. The molecule has 3 N–H and O–H groups in total. The number of likely N-dealkylation sites (tertiary alicyclic amines) is 1. The number of nitrogens with one attached hydrogen (secondary N) is 1. The van der Waals surface area contributed by atoms with Gasteiger partial charge in [0.15, 0.2) is 0 Å². The van der Waals surface area contributed by atoms with Crippen LogP contribution in [0.2, 0.25) is 0 Å². The third kappa shape index (κ3) is 2.41. The number of nitrogens with two attached hydrogens (primary N) is 1. The van der Waals surface area contributed by atoms with Crippen LogP contribution in [0, 0.1) is 0 Å². The molecule has 20 heavy (non-hydrogen) atoms. The Balaban J connectivity index is 1.88. The smallest absolute Gasteiger partial charge is 0.123 e. The summed E-state index contributed by atoms with van der Waals surface area (Å²) in [4.78, 5) is 6.56. The van der Waals surface area contributed by atoms with E-state index in [1.165, 1.54) is 12.1 Å². The maximum Gasteiger partial charge on any atom is 0.123 e. The number of hydrogen-bond donors (Lipinski definition) is 2. The zero-order valence-electron chi connectivity index (χ0n) is 12.0. The molecule has 1 aliphatic heterocycles. The zero-order chi connectivity index (χ0) is 14.1. The minimum absolute atomic E-state index is 0.518. The second-order valence-electron chi connectivity index (χ2n) is 5.74. The fourth-order valence-electron chi connectivity index (χ4n) is 2.95. The first-order valence-electron chi connectivity index (χ1n) is 7.14. The lowest BCUT2D eigenvalue weighted by atomic mass is 9.97. The summed E-state index contributed by atoms with van der Waals surface area (Å²) in [5, 5.41) is 7.43. The standard InChI is InChI=1S/C15H21N5/c1-10(2)20-6-4-12(9-20)15-13(8-18-19-15)11-3-5-17-14(16)7-11/h3,5,7-8,10,12H,4,6,9H2,1-2H3,(H2,16,17)(H,18,19)/t12-/m1/s1. The van der Waals surface area contributed by atoms with Crippen LogP contribution in [-0.2, 0) is 0 Å². The van der Waals surface area contributed by atoms with E-state index in [0.29, 0.717) is 17.8 Å². The van der Waals surface area contributed by atoms with Crippen LogP contribution in [0.1, 0.15) is 31.9 Å². The van der Waals surface area contributed by atoms with Crippen molar-refractivity contribution in [2.45, 2.75) is 32.2 Å². The molecule has 1 atom stereocenters. The quantitative estimate of drug-likeness (QED) is 0.898. The molecular formula is C15H21N5. The minimum Gasteiger partial charge on any atom is -0.384 e. The van der Waals surface area contributed by atoms with Crippen molar-refractivity contribution in [1.82, 2.24) is 20.1 Å². The number of aromatic amines is 1. The third-order valence-corrected chi connectivity index (χ3v) is 4.12. The lowest BCUT2D eigenvalue weighted by Crippen LogP contribution is -2.28. The largest absolute Gasteiger partial charge is 0.384 e. The minimum atomic E-state index is 0.518. The van der Waals surface area contributed by atoms with Gasteiger partial charge in [-0.05, 0) is 44.5 Å². The second kappa shape index (κ2) is 5.25. The fraction of sp³-hybridized carbons (Fsp3) is 0.467. The van der Waals surface area contributed by atoms with Gasteiger partial charge >= 0.3 is 0 Å². The summed E-state index contributed by atoms with van der Waals surface area (Å²) < 4.78 is 0. The predicted molar refractivity (Wildman–Crippen MR) is 80.3 cm³/mol. The van der Waals surface area contributed by atoms with E-state index in [2.05, 4.69) is 33.9 Å². The van der Waals surface area contributed by atoms with Gasteiger partial charge in [0.05, 0.1) is 6.20 Å². The van der Waals surface area contributed by atoms with Crippen molar-refractivity contribution in [2.24, 2.45) is 0 Å². The summed E-state index contributed by atoms with van der Waals surface area (Å²) in [6.07, 6.45) is 4.81. The van der Waals surface area contributed by atoms with Gasteiger partial charge in [0, 0.05) is 36.0 Å². The monoisotopic (exact) mass is 271 g/mol. The number of aromatic nitrogens is 3. The van der Waals surface area contributed by atoms with Crippen LogP contribution in [0.25, 0.3) is 11.1 Å². The van der Waals surface area contributed by atoms with Crippen LogP contribution in [0.15, 0.2) is 24.5 Å². The Morgan fingerprint density at radius 2 is 2.30 bits per heavy atom. The van der Waals surface area contributed by atoms with Gasteiger partial charge in [0.2, 0.25) is 0 Å². The Morgan fingerprint density at radius 3 is 3.00 bits per heavy atom. The Morgan fingerprint density at radius 1 is 1.45 bits per heavy atom.